The summed E-state index contributed by atoms with van der Waals surface area (Å²) < 4.78 is 16.6. The Morgan fingerprint density at radius 2 is 1.96 bits per heavy atom. The molecule has 0 saturated carbocycles. The Hall–Kier alpha value is -2.73. The van der Waals surface area contributed by atoms with Gasteiger partial charge < -0.3 is 24.2 Å². The molecule has 4 rings (SSSR count). The van der Waals surface area contributed by atoms with Crippen LogP contribution in [0.5, 0.6) is 17.2 Å². The molecular weight excluding hydrogens is 334 g/mol. The second-order valence-corrected chi connectivity index (χ2v) is 6.85. The molecule has 0 radical (unpaired) electrons. The number of ether oxygens (including phenoxy) is 3. The van der Waals surface area contributed by atoms with Crippen LogP contribution in [0.4, 0.5) is 0 Å². The lowest BCUT2D eigenvalue weighted by atomic mass is 9.90. The number of fused-ring (bicyclic) bond motifs is 1. The monoisotopic (exact) mass is 355 g/mol. The quantitative estimate of drug-likeness (QED) is 0.916. The first-order valence-electron chi connectivity index (χ1n) is 8.66. The first-order valence-corrected chi connectivity index (χ1v) is 8.66. The van der Waals surface area contributed by atoms with Crippen molar-refractivity contribution in [3.05, 3.63) is 54.1 Å². The van der Waals surface area contributed by atoms with E-state index >= 15 is 0 Å². The van der Waals surface area contributed by atoms with Crippen LogP contribution in [0.15, 0.2) is 48.5 Å². The van der Waals surface area contributed by atoms with Gasteiger partial charge in [0.05, 0.1) is 6.54 Å². The summed E-state index contributed by atoms with van der Waals surface area (Å²) >= 11 is 0. The number of piperidine rings is 1. The van der Waals surface area contributed by atoms with Crippen LogP contribution in [0.1, 0.15) is 23.7 Å². The number of carbonyl (C=O) groups excluding carboxylic acids is 1. The van der Waals surface area contributed by atoms with Crippen LogP contribution in [0.25, 0.3) is 0 Å². The third kappa shape index (κ3) is 3.20. The molecule has 26 heavy (non-hydrogen) atoms. The first kappa shape index (κ1) is 16.7. The maximum absolute atomic E-state index is 12.9. The molecule has 136 valence electrons. The normalized spacial score (nSPS) is 24.4. The van der Waals surface area contributed by atoms with E-state index in [1.165, 1.54) is 0 Å². The maximum atomic E-state index is 12.9. The molecule has 1 amide bonds. The number of para-hydroxylation sites is 1. The molecule has 0 aromatic heterocycles. The third-order valence-electron chi connectivity index (χ3n) is 4.90. The van der Waals surface area contributed by atoms with Crippen molar-refractivity contribution in [2.45, 2.75) is 25.0 Å². The highest BCUT2D eigenvalue weighted by atomic mass is 16.7. The predicted octanol–water partition coefficient (Wildman–Crippen LogP) is 2.46. The summed E-state index contributed by atoms with van der Waals surface area (Å²) in [5.74, 6) is 1.79. The molecule has 2 aromatic rings. The molecule has 6 nitrogen and oxygen atoms in total. The van der Waals surface area contributed by atoms with Gasteiger partial charge in [0.2, 0.25) is 6.79 Å². The van der Waals surface area contributed by atoms with E-state index in [1.54, 1.807) is 30.0 Å². The molecule has 2 heterocycles. The van der Waals surface area contributed by atoms with Crippen molar-refractivity contribution in [3.8, 4) is 17.2 Å². The molecular formula is C20H21NO5. The number of carbonyl (C=O) groups is 1. The molecule has 1 saturated heterocycles. The van der Waals surface area contributed by atoms with Gasteiger partial charge in [-0.2, -0.15) is 0 Å². The number of amides is 1. The number of nitrogens with zero attached hydrogens (tertiary/aromatic N) is 1. The highest BCUT2D eigenvalue weighted by Gasteiger charge is 2.41. The molecule has 2 atom stereocenters. The molecule has 2 aliphatic heterocycles. The van der Waals surface area contributed by atoms with Crippen molar-refractivity contribution in [3.63, 3.8) is 0 Å². The minimum Gasteiger partial charge on any atom is -0.486 e. The Kier molecular flexibility index (Phi) is 4.20. The van der Waals surface area contributed by atoms with E-state index in [0.717, 1.165) is 0 Å². The number of benzene rings is 2. The van der Waals surface area contributed by atoms with Crippen molar-refractivity contribution in [1.82, 2.24) is 4.90 Å². The van der Waals surface area contributed by atoms with Crippen molar-refractivity contribution in [2.24, 2.45) is 0 Å². The van der Waals surface area contributed by atoms with E-state index in [2.05, 4.69) is 0 Å². The summed E-state index contributed by atoms with van der Waals surface area (Å²) in [6, 6.07) is 14.5. The van der Waals surface area contributed by atoms with Crippen molar-refractivity contribution < 1.29 is 24.1 Å². The smallest absolute Gasteiger partial charge is 0.254 e. The van der Waals surface area contributed by atoms with E-state index in [-0.39, 0.29) is 12.7 Å². The summed E-state index contributed by atoms with van der Waals surface area (Å²) in [7, 11) is 0. The van der Waals surface area contributed by atoms with Crippen LogP contribution >= 0.6 is 0 Å². The largest absolute Gasteiger partial charge is 0.486 e. The highest BCUT2D eigenvalue weighted by molar-refractivity contribution is 5.95. The lowest BCUT2D eigenvalue weighted by Crippen LogP contribution is -2.57. The van der Waals surface area contributed by atoms with Gasteiger partial charge in [0, 0.05) is 12.1 Å². The zero-order valence-corrected chi connectivity index (χ0v) is 14.6. The van der Waals surface area contributed by atoms with Crippen LogP contribution in [-0.4, -0.2) is 47.5 Å². The average molecular weight is 355 g/mol. The number of likely N-dealkylation sites (tertiary alicyclic amines) is 1. The molecule has 6 heteroatoms. The number of rotatable bonds is 3. The molecule has 1 N–H and O–H groups in total. The van der Waals surface area contributed by atoms with E-state index in [1.807, 2.05) is 30.3 Å². The number of hydrogen-bond donors (Lipinski definition) is 1. The van der Waals surface area contributed by atoms with Crippen LogP contribution in [-0.2, 0) is 0 Å². The van der Waals surface area contributed by atoms with Crippen LogP contribution in [0.3, 0.4) is 0 Å². The van der Waals surface area contributed by atoms with Crippen molar-refractivity contribution >= 4 is 5.91 Å². The lowest BCUT2D eigenvalue weighted by molar-refractivity contribution is -0.0881. The molecule has 0 unspecified atom stereocenters. The summed E-state index contributed by atoms with van der Waals surface area (Å²) in [5, 5.41) is 10.7. The second-order valence-electron chi connectivity index (χ2n) is 6.85. The van der Waals surface area contributed by atoms with E-state index < -0.39 is 11.7 Å². The summed E-state index contributed by atoms with van der Waals surface area (Å²) in [5.41, 5.74) is -0.462. The Morgan fingerprint density at radius 1 is 1.19 bits per heavy atom. The topological polar surface area (TPSA) is 68.2 Å². The van der Waals surface area contributed by atoms with E-state index in [4.69, 9.17) is 14.2 Å². The molecule has 0 aliphatic carbocycles. The Labute approximate surface area is 151 Å². The predicted molar refractivity (Wildman–Crippen MR) is 94.6 cm³/mol. The zero-order valence-electron chi connectivity index (χ0n) is 14.6. The standard InChI is InChI=1S/C20H21NO5/c1-20(23)9-10-21(12-18(20)26-15-5-3-2-4-6-15)19(22)14-7-8-16-17(11-14)25-13-24-16/h2-8,11,18,23H,9-10,12-13H2,1H3/t18-,20-/m1/s1. The average Bonchev–Trinajstić information content (AvgIpc) is 3.11. The van der Waals surface area contributed by atoms with Gasteiger partial charge in [0.1, 0.15) is 17.5 Å². The fourth-order valence-electron chi connectivity index (χ4n) is 3.23. The molecule has 1 fully saturated rings. The Morgan fingerprint density at radius 3 is 2.77 bits per heavy atom. The minimum absolute atomic E-state index is 0.111. The van der Waals surface area contributed by atoms with Gasteiger partial charge in [0.15, 0.2) is 11.5 Å². The van der Waals surface area contributed by atoms with E-state index in [9.17, 15) is 9.90 Å². The summed E-state index contributed by atoms with van der Waals surface area (Å²) in [4.78, 5) is 14.6. The molecule has 2 aromatic carbocycles. The highest BCUT2D eigenvalue weighted by Crippen LogP contribution is 2.33. The molecule has 0 spiro atoms. The molecule has 0 bridgehead atoms. The summed E-state index contributed by atoms with van der Waals surface area (Å²) in [6.45, 7) is 2.71. The fraction of sp³-hybridized carbons (Fsp3) is 0.350. The number of hydrogen-bond acceptors (Lipinski definition) is 5. The lowest BCUT2D eigenvalue weighted by Gasteiger charge is -2.42. The van der Waals surface area contributed by atoms with Gasteiger partial charge in [-0.1, -0.05) is 18.2 Å². The van der Waals surface area contributed by atoms with Crippen LogP contribution in [0.2, 0.25) is 0 Å². The minimum atomic E-state index is -0.999. The van der Waals surface area contributed by atoms with Gasteiger partial charge in [-0.3, -0.25) is 4.79 Å². The van der Waals surface area contributed by atoms with Gasteiger partial charge in [0.25, 0.3) is 5.91 Å². The van der Waals surface area contributed by atoms with Crippen molar-refractivity contribution in [1.29, 1.82) is 0 Å². The van der Waals surface area contributed by atoms with Gasteiger partial charge >= 0.3 is 0 Å². The van der Waals surface area contributed by atoms with Crippen molar-refractivity contribution in [2.75, 3.05) is 19.9 Å². The van der Waals surface area contributed by atoms with Crippen LogP contribution < -0.4 is 14.2 Å². The van der Waals surface area contributed by atoms with Gasteiger partial charge in [-0.05, 0) is 43.7 Å². The first-order chi connectivity index (χ1) is 12.5. The fourth-order valence-corrected chi connectivity index (χ4v) is 3.23. The SMILES string of the molecule is C[C@@]1(O)CCN(C(=O)c2ccc3c(c2)OCO3)C[C@H]1Oc1ccccc1. The van der Waals surface area contributed by atoms with E-state index in [0.29, 0.717) is 42.3 Å². The Balaban J connectivity index is 1.51. The summed E-state index contributed by atoms with van der Waals surface area (Å²) in [6.07, 6.45) is -0.0579. The molecule has 2 aliphatic rings. The Bertz CT molecular complexity index is 805. The van der Waals surface area contributed by atoms with Gasteiger partial charge in [-0.15, -0.1) is 0 Å². The maximum Gasteiger partial charge on any atom is 0.254 e. The number of aliphatic hydroxyl groups is 1. The second kappa shape index (κ2) is 6.53. The van der Waals surface area contributed by atoms with Gasteiger partial charge in [-0.25, -0.2) is 0 Å². The third-order valence-corrected chi connectivity index (χ3v) is 4.90. The zero-order chi connectivity index (χ0) is 18.1. The van der Waals surface area contributed by atoms with Crippen LogP contribution in [0, 0.1) is 0 Å².